The third kappa shape index (κ3) is 1.54. The van der Waals surface area contributed by atoms with Crippen molar-refractivity contribution in [2.24, 2.45) is 5.73 Å². The second kappa shape index (κ2) is 3.00. The summed E-state index contributed by atoms with van der Waals surface area (Å²) in [6.45, 7) is 0. The lowest BCUT2D eigenvalue weighted by Gasteiger charge is -2.10. The smallest absolute Gasteiger partial charge is 0.134 e. The molecule has 1 aromatic heterocycles. The minimum absolute atomic E-state index is 0.0187. The van der Waals surface area contributed by atoms with E-state index in [4.69, 9.17) is 21.8 Å². The minimum atomic E-state index is -0.0187. The van der Waals surface area contributed by atoms with E-state index in [1.165, 1.54) is 0 Å². The molecule has 3 rings (SSSR count). The molecular weight excluding hydrogens is 210 g/mol. The van der Waals surface area contributed by atoms with Gasteiger partial charge in [-0.3, -0.25) is 0 Å². The van der Waals surface area contributed by atoms with E-state index < -0.39 is 0 Å². The van der Waals surface area contributed by atoms with Gasteiger partial charge in [-0.2, -0.15) is 0 Å². The lowest BCUT2D eigenvalue weighted by Crippen LogP contribution is -2.24. The van der Waals surface area contributed by atoms with Gasteiger partial charge in [0, 0.05) is 15.9 Å². The van der Waals surface area contributed by atoms with E-state index in [9.17, 15) is 0 Å². The molecule has 1 heterocycles. The molecule has 0 aliphatic heterocycles. The number of nitrogens with two attached hydrogens (primary N) is 1. The summed E-state index contributed by atoms with van der Waals surface area (Å²) in [6.07, 6.45) is 4.73. The molecule has 3 heteroatoms. The van der Waals surface area contributed by atoms with E-state index in [1.54, 1.807) is 6.26 Å². The molecule has 78 valence electrons. The molecule has 2 N–H and O–H groups in total. The van der Waals surface area contributed by atoms with Crippen molar-refractivity contribution in [3.8, 4) is 0 Å². The maximum Gasteiger partial charge on any atom is 0.134 e. The Hall–Kier alpha value is -0.990. The molecule has 1 aromatic carbocycles. The van der Waals surface area contributed by atoms with Crippen LogP contribution in [-0.4, -0.2) is 5.54 Å². The van der Waals surface area contributed by atoms with Gasteiger partial charge < -0.3 is 10.2 Å². The van der Waals surface area contributed by atoms with Gasteiger partial charge in [0.1, 0.15) is 5.58 Å². The zero-order valence-corrected chi connectivity index (χ0v) is 9.05. The lowest BCUT2D eigenvalue weighted by molar-refractivity contribution is 0.615. The SMILES string of the molecule is NC1(Cc2c(Cl)ccc3occc23)CC1. The van der Waals surface area contributed by atoms with Crippen LogP contribution in [0.5, 0.6) is 0 Å². The van der Waals surface area contributed by atoms with Crippen molar-refractivity contribution in [3.63, 3.8) is 0 Å². The molecule has 1 aliphatic rings. The zero-order valence-electron chi connectivity index (χ0n) is 8.29. The molecule has 0 amide bonds. The maximum absolute atomic E-state index is 6.20. The Bertz CT molecular complexity index is 513. The van der Waals surface area contributed by atoms with Crippen LogP contribution in [0.1, 0.15) is 18.4 Å². The highest BCUT2D eigenvalue weighted by molar-refractivity contribution is 6.32. The number of hydrogen-bond acceptors (Lipinski definition) is 2. The Balaban J connectivity index is 2.13. The van der Waals surface area contributed by atoms with Crippen LogP contribution in [-0.2, 0) is 6.42 Å². The van der Waals surface area contributed by atoms with Crippen molar-refractivity contribution < 1.29 is 4.42 Å². The number of hydrogen-bond donors (Lipinski definition) is 1. The van der Waals surface area contributed by atoms with Gasteiger partial charge in [0.05, 0.1) is 6.26 Å². The largest absolute Gasteiger partial charge is 0.464 e. The van der Waals surface area contributed by atoms with Gasteiger partial charge in [-0.15, -0.1) is 0 Å². The summed E-state index contributed by atoms with van der Waals surface area (Å²) < 4.78 is 5.35. The number of fused-ring (bicyclic) bond motifs is 1. The minimum Gasteiger partial charge on any atom is -0.464 e. The predicted molar refractivity (Wildman–Crippen MR) is 61.1 cm³/mol. The average Bonchev–Trinajstić information content (AvgIpc) is 2.78. The number of halogens is 1. The fourth-order valence-electron chi connectivity index (χ4n) is 1.95. The van der Waals surface area contributed by atoms with Crippen LogP contribution in [0.4, 0.5) is 0 Å². The molecular formula is C12H12ClNO. The fraction of sp³-hybridized carbons (Fsp3) is 0.333. The van der Waals surface area contributed by atoms with Crippen LogP contribution < -0.4 is 5.73 Å². The molecule has 0 unspecified atom stereocenters. The summed E-state index contributed by atoms with van der Waals surface area (Å²) in [5, 5.41) is 1.89. The Labute approximate surface area is 93.0 Å². The normalized spacial score (nSPS) is 18.3. The summed E-state index contributed by atoms with van der Waals surface area (Å²) in [7, 11) is 0. The van der Waals surface area contributed by atoms with Crippen LogP contribution >= 0.6 is 11.6 Å². The number of benzene rings is 1. The zero-order chi connectivity index (χ0) is 10.5. The second-order valence-electron chi connectivity index (χ2n) is 4.40. The van der Waals surface area contributed by atoms with Crippen molar-refractivity contribution in [2.45, 2.75) is 24.8 Å². The summed E-state index contributed by atoms with van der Waals surface area (Å²) >= 11 is 6.20. The van der Waals surface area contributed by atoms with E-state index in [0.29, 0.717) is 0 Å². The second-order valence-corrected chi connectivity index (χ2v) is 4.80. The van der Waals surface area contributed by atoms with Gasteiger partial charge in [0.15, 0.2) is 0 Å². The van der Waals surface area contributed by atoms with Crippen molar-refractivity contribution in [1.29, 1.82) is 0 Å². The highest BCUT2D eigenvalue weighted by Crippen LogP contribution is 2.39. The van der Waals surface area contributed by atoms with Gasteiger partial charge in [-0.05, 0) is 43.0 Å². The lowest BCUT2D eigenvalue weighted by atomic mass is 10.0. The first-order valence-corrected chi connectivity index (χ1v) is 5.49. The highest BCUT2D eigenvalue weighted by atomic mass is 35.5. The van der Waals surface area contributed by atoms with E-state index in [2.05, 4.69) is 0 Å². The standard InChI is InChI=1S/C12H12ClNO/c13-10-1-2-11-8(3-6-15-11)9(10)7-12(14)4-5-12/h1-3,6H,4-5,7,14H2. The molecule has 1 saturated carbocycles. The first kappa shape index (κ1) is 9.25. The molecule has 15 heavy (non-hydrogen) atoms. The quantitative estimate of drug-likeness (QED) is 0.846. The maximum atomic E-state index is 6.20. The first-order chi connectivity index (χ1) is 7.18. The highest BCUT2D eigenvalue weighted by Gasteiger charge is 2.38. The van der Waals surface area contributed by atoms with E-state index in [1.807, 2.05) is 18.2 Å². The first-order valence-electron chi connectivity index (χ1n) is 5.11. The summed E-state index contributed by atoms with van der Waals surface area (Å²) in [4.78, 5) is 0. The monoisotopic (exact) mass is 221 g/mol. The van der Waals surface area contributed by atoms with Crippen molar-refractivity contribution in [1.82, 2.24) is 0 Å². The average molecular weight is 222 g/mol. The molecule has 1 aliphatic carbocycles. The van der Waals surface area contributed by atoms with Crippen LogP contribution in [0.2, 0.25) is 5.02 Å². The molecule has 0 spiro atoms. The van der Waals surface area contributed by atoms with Crippen LogP contribution in [0.15, 0.2) is 28.9 Å². The fourth-order valence-corrected chi connectivity index (χ4v) is 2.18. The van der Waals surface area contributed by atoms with Gasteiger partial charge in [0.25, 0.3) is 0 Å². The number of furan rings is 1. The predicted octanol–water partition coefficient (Wildman–Crippen LogP) is 3.12. The van der Waals surface area contributed by atoms with Crippen LogP contribution in [0.25, 0.3) is 11.0 Å². The summed E-state index contributed by atoms with van der Waals surface area (Å²) in [6, 6.07) is 5.74. The van der Waals surface area contributed by atoms with E-state index >= 15 is 0 Å². The third-order valence-corrected chi connectivity index (χ3v) is 3.46. The van der Waals surface area contributed by atoms with Gasteiger partial charge in [-0.1, -0.05) is 11.6 Å². The Kier molecular flexibility index (Phi) is 1.85. The molecule has 0 radical (unpaired) electrons. The summed E-state index contributed by atoms with van der Waals surface area (Å²) in [5.41, 5.74) is 8.11. The van der Waals surface area contributed by atoms with Crippen LogP contribution in [0.3, 0.4) is 0 Å². The van der Waals surface area contributed by atoms with Gasteiger partial charge >= 0.3 is 0 Å². The molecule has 0 atom stereocenters. The van der Waals surface area contributed by atoms with Crippen molar-refractivity contribution in [3.05, 3.63) is 35.0 Å². The van der Waals surface area contributed by atoms with Crippen LogP contribution in [0, 0.1) is 0 Å². The molecule has 2 aromatic rings. The molecule has 0 bridgehead atoms. The Morgan fingerprint density at radius 2 is 2.13 bits per heavy atom. The molecule has 0 saturated heterocycles. The molecule has 1 fully saturated rings. The van der Waals surface area contributed by atoms with Crippen molar-refractivity contribution >= 4 is 22.6 Å². The third-order valence-electron chi connectivity index (χ3n) is 3.11. The molecule has 2 nitrogen and oxygen atoms in total. The van der Waals surface area contributed by atoms with Gasteiger partial charge in [0.2, 0.25) is 0 Å². The van der Waals surface area contributed by atoms with Gasteiger partial charge in [-0.25, -0.2) is 0 Å². The Morgan fingerprint density at radius 3 is 2.87 bits per heavy atom. The number of rotatable bonds is 2. The van der Waals surface area contributed by atoms with Crippen molar-refractivity contribution in [2.75, 3.05) is 0 Å². The summed E-state index contributed by atoms with van der Waals surface area (Å²) in [5.74, 6) is 0. The Morgan fingerprint density at radius 1 is 1.33 bits per heavy atom. The topological polar surface area (TPSA) is 39.2 Å². The van der Waals surface area contributed by atoms with E-state index in [0.717, 1.165) is 40.8 Å². The van der Waals surface area contributed by atoms with E-state index in [-0.39, 0.29) is 5.54 Å².